The summed E-state index contributed by atoms with van der Waals surface area (Å²) in [4.78, 5) is 13.9. The first kappa shape index (κ1) is 18.3. The van der Waals surface area contributed by atoms with Crippen molar-refractivity contribution in [2.45, 2.75) is 26.1 Å². The van der Waals surface area contributed by atoms with E-state index in [4.69, 9.17) is 17.0 Å². The molecule has 0 aliphatic carbocycles. The molecule has 8 heteroatoms. The van der Waals surface area contributed by atoms with Gasteiger partial charge in [-0.15, -0.1) is 0 Å². The van der Waals surface area contributed by atoms with Crippen molar-refractivity contribution in [2.75, 3.05) is 13.7 Å². The molecule has 0 bridgehead atoms. The minimum Gasteiger partial charge on any atom is -0.466 e. The lowest BCUT2D eigenvalue weighted by molar-refractivity contribution is -0.137. The summed E-state index contributed by atoms with van der Waals surface area (Å²) in [6.07, 6.45) is -4.47. The van der Waals surface area contributed by atoms with Crippen molar-refractivity contribution < 1.29 is 22.7 Å². The average molecular weight is 358 g/mol. The number of alkyl halides is 3. The lowest BCUT2D eigenvalue weighted by Gasteiger charge is -2.37. The van der Waals surface area contributed by atoms with Crippen molar-refractivity contribution >= 4 is 23.3 Å². The highest BCUT2D eigenvalue weighted by atomic mass is 32.1. The lowest BCUT2D eigenvalue weighted by Crippen LogP contribution is -2.47. The topological polar surface area (TPSA) is 41.6 Å². The number of halogens is 3. The first-order valence-corrected chi connectivity index (χ1v) is 7.65. The molecule has 24 heavy (non-hydrogen) atoms. The highest BCUT2D eigenvalue weighted by Crippen LogP contribution is 2.35. The molecule has 1 heterocycles. The van der Waals surface area contributed by atoms with Gasteiger partial charge in [0.25, 0.3) is 0 Å². The molecular formula is C16H17F3N2O2S. The summed E-state index contributed by atoms with van der Waals surface area (Å²) < 4.78 is 43.7. The fourth-order valence-electron chi connectivity index (χ4n) is 2.68. The van der Waals surface area contributed by atoms with Crippen LogP contribution in [-0.4, -0.2) is 29.6 Å². The third kappa shape index (κ3) is 3.38. The summed E-state index contributed by atoms with van der Waals surface area (Å²) in [5, 5.41) is 3.29. The van der Waals surface area contributed by atoms with Crippen molar-refractivity contribution in [3.05, 3.63) is 46.7 Å². The van der Waals surface area contributed by atoms with Gasteiger partial charge >= 0.3 is 12.1 Å². The second kappa shape index (κ2) is 6.80. The van der Waals surface area contributed by atoms with Crippen LogP contribution in [0.15, 0.2) is 35.5 Å². The van der Waals surface area contributed by atoms with E-state index in [1.54, 1.807) is 11.8 Å². The van der Waals surface area contributed by atoms with Crippen LogP contribution in [0.25, 0.3) is 0 Å². The summed E-state index contributed by atoms with van der Waals surface area (Å²) in [5.74, 6) is -0.608. The molecule has 0 radical (unpaired) electrons. The van der Waals surface area contributed by atoms with Crippen LogP contribution in [0.5, 0.6) is 0 Å². The van der Waals surface area contributed by atoms with E-state index in [0.717, 1.165) is 12.1 Å². The third-order valence-corrected chi connectivity index (χ3v) is 4.20. The van der Waals surface area contributed by atoms with Crippen LogP contribution < -0.4 is 5.32 Å². The zero-order valence-electron chi connectivity index (χ0n) is 13.4. The van der Waals surface area contributed by atoms with E-state index >= 15 is 0 Å². The Kier molecular flexibility index (Phi) is 5.17. The summed E-state index contributed by atoms with van der Waals surface area (Å²) >= 11 is 5.27. The van der Waals surface area contributed by atoms with Crippen LogP contribution in [-0.2, 0) is 15.7 Å². The van der Waals surface area contributed by atoms with Crippen LogP contribution in [0.4, 0.5) is 13.2 Å². The zero-order valence-corrected chi connectivity index (χ0v) is 14.2. The number of allylic oxidation sites excluding steroid dienone is 1. The number of hydrogen-bond acceptors (Lipinski definition) is 3. The monoisotopic (exact) mass is 358 g/mol. The molecule has 0 unspecified atom stereocenters. The molecule has 0 spiro atoms. The van der Waals surface area contributed by atoms with Crippen molar-refractivity contribution in [3.8, 4) is 0 Å². The van der Waals surface area contributed by atoms with Gasteiger partial charge in [-0.2, -0.15) is 13.2 Å². The van der Waals surface area contributed by atoms with Crippen molar-refractivity contribution in [3.63, 3.8) is 0 Å². The maximum Gasteiger partial charge on any atom is 0.416 e. The van der Waals surface area contributed by atoms with E-state index in [1.165, 1.54) is 19.2 Å². The van der Waals surface area contributed by atoms with Gasteiger partial charge < -0.3 is 15.0 Å². The Hall–Kier alpha value is -2.09. The van der Waals surface area contributed by atoms with E-state index in [-0.39, 0.29) is 5.57 Å². The van der Waals surface area contributed by atoms with Gasteiger partial charge in [-0.25, -0.2) is 4.79 Å². The summed E-state index contributed by atoms with van der Waals surface area (Å²) in [6, 6.07) is 4.03. The summed E-state index contributed by atoms with van der Waals surface area (Å²) in [5.41, 5.74) is 0.318. The molecule has 1 aliphatic rings. The van der Waals surface area contributed by atoms with Crippen molar-refractivity contribution in [1.82, 2.24) is 10.2 Å². The molecule has 4 nitrogen and oxygen atoms in total. The fourth-order valence-corrected chi connectivity index (χ4v) is 3.06. The Labute approximate surface area is 143 Å². The maximum atomic E-state index is 13.0. The number of nitrogens with one attached hydrogen (secondary N) is 1. The average Bonchev–Trinajstić information content (AvgIpc) is 2.53. The molecule has 1 aromatic carbocycles. The fraction of sp³-hybridized carbons (Fsp3) is 0.375. The van der Waals surface area contributed by atoms with Crippen LogP contribution in [0.3, 0.4) is 0 Å². The predicted octanol–water partition coefficient (Wildman–Crippen LogP) is 3.40. The van der Waals surface area contributed by atoms with E-state index in [0.29, 0.717) is 22.9 Å². The Morgan fingerprint density at radius 1 is 1.42 bits per heavy atom. The van der Waals surface area contributed by atoms with Gasteiger partial charge in [-0.05, 0) is 43.8 Å². The number of ether oxygens (including phenoxy) is 1. The summed E-state index contributed by atoms with van der Waals surface area (Å²) in [6.45, 7) is 4.08. The zero-order chi connectivity index (χ0) is 18.1. The number of nitrogens with zero attached hydrogens (tertiary/aromatic N) is 1. The number of esters is 1. The molecule has 0 aromatic heterocycles. The van der Waals surface area contributed by atoms with Gasteiger partial charge in [0.15, 0.2) is 5.11 Å². The Bertz CT molecular complexity index is 701. The van der Waals surface area contributed by atoms with Gasteiger partial charge in [-0.1, -0.05) is 12.1 Å². The van der Waals surface area contributed by atoms with Crippen LogP contribution in [0, 0.1) is 0 Å². The number of thiocarbonyl (C=S) groups is 1. The smallest absolute Gasteiger partial charge is 0.416 e. The quantitative estimate of drug-likeness (QED) is 0.663. The van der Waals surface area contributed by atoms with Crippen LogP contribution in [0.1, 0.15) is 31.0 Å². The Morgan fingerprint density at radius 3 is 2.62 bits per heavy atom. The van der Waals surface area contributed by atoms with Crippen molar-refractivity contribution in [2.24, 2.45) is 0 Å². The molecule has 0 amide bonds. The Morgan fingerprint density at radius 2 is 2.08 bits per heavy atom. The van der Waals surface area contributed by atoms with E-state index < -0.39 is 23.8 Å². The van der Waals surface area contributed by atoms with Crippen LogP contribution in [0.2, 0.25) is 0 Å². The number of hydrogen-bond donors (Lipinski definition) is 1. The highest BCUT2D eigenvalue weighted by molar-refractivity contribution is 7.80. The minimum atomic E-state index is -4.47. The first-order chi connectivity index (χ1) is 11.2. The van der Waals surface area contributed by atoms with Gasteiger partial charge in [0, 0.05) is 12.2 Å². The van der Waals surface area contributed by atoms with Crippen LogP contribution >= 0.6 is 12.2 Å². The molecule has 2 rings (SSSR count). The number of carbonyl (C=O) groups is 1. The first-order valence-electron chi connectivity index (χ1n) is 7.25. The number of carbonyl (C=O) groups excluding carboxylic acids is 1. The molecule has 1 aliphatic heterocycles. The largest absolute Gasteiger partial charge is 0.466 e. The normalized spacial score (nSPS) is 18.5. The molecule has 0 fully saturated rings. The standard InChI is InChI=1S/C16H17F3N2O2S/c1-4-21-9(2)12(14(22)23-3)13(20-15(21)24)10-6-5-7-11(8-10)16(17,18)19/h5-8,13H,4H2,1-3H3,(H,20,24)/t13-/m0/s1. The lowest BCUT2D eigenvalue weighted by atomic mass is 9.93. The molecule has 0 saturated carbocycles. The SMILES string of the molecule is CCN1C(=S)N[C@@H](c2cccc(C(F)(F)F)c2)C(C(=O)OC)=C1C. The molecule has 1 atom stereocenters. The summed E-state index contributed by atoms with van der Waals surface area (Å²) in [7, 11) is 1.23. The third-order valence-electron chi connectivity index (χ3n) is 3.87. The number of methoxy groups -OCH3 is 1. The molecule has 1 N–H and O–H groups in total. The van der Waals surface area contributed by atoms with Crippen molar-refractivity contribution in [1.29, 1.82) is 0 Å². The minimum absolute atomic E-state index is 0.243. The molecular weight excluding hydrogens is 341 g/mol. The Balaban J connectivity index is 2.57. The van der Waals surface area contributed by atoms with Gasteiger partial charge in [0.1, 0.15) is 0 Å². The molecule has 0 saturated heterocycles. The van der Waals surface area contributed by atoms with E-state index in [1.807, 2.05) is 6.92 Å². The highest BCUT2D eigenvalue weighted by Gasteiger charge is 2.36. The second-order valence-corrected chi connectivity index (χ2v) is 5.63. The van der Waals surface area contributed by atoms with E-state index in [2.05, 4.69) is 5.32 Å². The van der Waals surface area contributed by atoms with Gasteiger partial charge in [0.2, 0.25) is 0 Å². The molecule has 1 aromatic rings. The number of benzene rings is 1. The molecule has 130 valence electrons. The second-order valence-electron chi connectivity index (χ2n) is 5.24. The van der Waals surface area contributed by atoms with E-state index in [9.17, 15) is 18.0 Å². The maximum absolute atomic E-state index is 13.0. The number of rotatable bonds is 3. The van der Waals surface area contributed by atoms with Gasteiger partial charge in [-0.3, -0.25) is 0 Å². The van der Waals surface area contributed by atoms with Gasteiger partial charge in [0.05, 0.1) is 24.3 Å². The predicted molar refractivity (Wildman–Crippen MR) is 87.0 cm³/mol.